The van der Waals surface area contributed by atoms with E-state index in [-0.39, 0.29) is 0 Å². The summed E-state index contributed by atoms with van der Waals surface area (Å²) in [5, 5.41) is 3.68. The molecule has 1 atom stereocenters. The second kappa shape index (κ2) is 3.49. The van der Waals surface area contributed by atoms with Gasteiger partial charge < -0.3 is 5.32 Å². The fourth-order valence-electron chi connectivity index (χ4n) is 1.88. The average molecular weight is 217 g/mol. The number of nitrogens with two attached hydrogens (primary N) is 1. The zero-order valence-electron chi connectivity index (χ0n) is 7.48. The Bertz CT molecular complexity index is 336. The molecule has 0 radical (unpaired) electrons. The van der Waals surface area contributed by atoms with Crippen molar-refractivity contribution in [3.8, 4) is 0 Å². The van der Waals surface area contributed by atoms with Crippen LogP contribution in [0.25, 0.3) is 0 Å². The molecule has 1 unspecified atom stereocenters. The van der Waals surface area contributed by atoms with Gasteiger partial charge >= 0.3 is 0 Å². The van der Waals surface area contributed by atoms with Crippen molar-refractivity contribution >= 4 is 23.2 Å². The largest absolute Gasteiger partial charge is 0.342 e. The number of hydrogen-bond acceptors (Lipinski definition) is 0. The number of halogens is 2. The van der Waals surface area contributed by atoms with Crippen molar-refractivity contribution in [2.75, 3.05) is 6.54 Å². The number of fused-ring (bicyclic) bond motifs is 1. The van der Waals surface area contributed by atoms with Crippen LogP contribution < -0.4 is 5.32 Å². The van der Waals surface area contributed by atoms with E-state index in [0.29, 0.717) is 10.9 Å². The molecular weight excluding hydrogens is 205 g/mol. The second-order valence-electron chi connectivity index (χ2n) is 3.56. The quantitative estimate of drug-likeness (QED) is 0.685. The van der Waals surface area contributed by atoms with E-state index in [9.17, 15) is 0 Å². The zero-order chi connectivity index (χ0) is 9.42. The Labute approximate surface area is 88.0 Å². The van der Waals surface area contributed by atoms with Gasteiger partial charge in [0.2, 0.25) is 0 Å². The van der Waals surface area contributed by atoms with E-state index in [0.717, 1.165) is 18.1 Å². The summed E-state index contributed by atoms with van der Waals surface area (Å²) in [5.41, 5.74) is 2.57. The van der Waals surface area contributed by atoms with Crippen LogP contribution in [0.2, 0.25) is 10.0 Å². The molecule has 0 amide bonds. The van der Waals surface area contributed by atoms with E-state index in [1.807, 2.05) is 6.07 Å². The van der Waals surface area contributed by atoms with Crippen LogP contribution in [-0.4, -0.2) is 6.54 Å². The van der Waals surface area contributed by atoms with Gasteiger partial charge in [-0.2, -0.15) is 0 Å². The SMILES string of the molecule is CC1C[NH2+]Cc2c1ccc(Cl)c2Cl. The maximum absolute atomic E-state index is 6.12. The van der Waals surface area contributed by atoms with E-state index < -0.39 is 0 Å². The van der Waals surface area contributed by atoms with Crippen LogP contribution in [0.4, 0.5) is 0 Å². The van der Waals surface area contributed by atoms with E-state index in [1.54, 1.807) is 0 Å². The normalized spacial score (nSPS) is 21.3. The zero-order valence-corrected chi connectivity index (χ0v) is 8.99. The minimum Gasteiger partial charge on any atom is -0.342 e. The third-order valence-electron chi connectivity index (χ3n) is 2.63. The molecule has 1 aliphatic rings. The molecular formula is C10H12Cl2N+. The lowest BCUT2D eigenvalue weighted by molar-refractivity contribution is -0.676. The maximum Gasteiger partial charge on any atom is 0.103 e. The van der Waals surface area contributed by atoms with E-state index >= 15 is 0 Å². The molecule has 2 rings (SSSR count). The Kier molecular flexibility index (Phi) is 2.50. The summed E-state index contributed by atoms with van der Waals surface area (Å²) in [5.74, 6) is 0.582. The molecule has 0 aliphatic carbocycles. The summed E-state index contributed by atoms with van der Waals surface area (Å²) in [6.07, 6.45) is 0. The fraction of sp³-hybridized carbons (Fsp3) is 0.400. The molecule has 70 valence electrons. The first-order chi connectivity index (χ1) is 6.20. The Morgan fingerprint density at radius 3 is 2.92 bits per heavy atom. The molecule has 3 heteroatoms. The molecule has 13 heavy (non-hydrogen) atoms. The van der Waals surface area contributed by atoms with E-state index in [1.165, 1.54) is 11.1 Å². The summed E-state index contributed by atoms with van der Waals surface area (Å²) in [4.78, 5) is 0. The second-order valence-corrected chi connectivity index (χ2v) is 4.34. The maximum atomic E-state index is 6.12. The van der Waals surface area contributed by atoms with Gasteiger partial charge in [-0.3, -0.25) is 0 Å². The summed E-state index contributed by atoms with van der Waals surface area (Å²) >= 11 is 12.1. The first kappa shape index (κ1) is 9.32. The predicted molar refractivity (Wildman–Crippen MR) is 55.4 cm³/mol. The fourth-order valence-corrected chi connectivity index (χ4v) is 2.31. The van der Waals surface area contributed by atoms with Gasteiger partial charge in [0.25, 0.3) is 0 Å². The van der Waals surface area contributed by atoms with Crippen LogP contribution >= 0.6 is 23.2 Å². The van der Waals surface area contributed by atoms with Gasteiger partial charge in [0, 0.05) is 11.5 Å². The number of benzene rings is 1. The molecule has 1 aromatic carbocycles. The van der Waals surface area contributed by atoms with Crippen molar-refractivity contribution in [3.05, 3.63) is 33.3 Å². The van der Waals surface area contributed by atoms with Gasteiger partial charge in [-0.25, -0.2) is 0 Å². The highest BCUT2D eigenvalue weighted by atomic mass is 35.5. The van der Waals surface area contributed by atoms with Crippen LogP contribution in [0.15, 0.2) is 12.1 Å². The predicted octanol–water partition coefficient (Wildman–Crippen LogP) is 2.17. The molecule has 1 aromatic rings. The van der Waals surface area contributed by atoms with Crippen LogP contribution in [0.1, 0.15) is 24.0 Å². The Morgan fingerprint density at radius 1 is 1.38 bits per heavy atom. The first-order valence-electron chi connectivity index (χ1n) is 4.48. The third kappa shape index (κ3) is 1.56. The summed E-state index contributed by atoms with van der Waals surface area (Å²) in [6, 6.07) is 3.99. The van der Waals surface area contributed by atoms with E-state index in [4.69, 9.17) is 23.2 Å². The molecule has 1 heterocycles. The van der Waals surface area contributed by atoms with Crippen molar-refractivity contribution in [2.24, 2.45) is 0 Å². The van der Waals surface area contributed by atoms with Gasteiger partial charge in [-0.1, -0.05) is 36.2 Å². The van der Waals surface area contributed by atoms with Crippen molar-refractivity contribution in [2.45, 2.75) is 19.4 Å². The molecule has 2 N–H and O–H groups in total. The van der Waals surface area contributed by atoms with Gasteiger partial charge in [0.05, 0.1) is 16.6 Å². The highest BCUT2D eigenvalue weighted by Gasteiger charge is 2.21. The van der Waals surface area contributed by atoms with E-state index in [2.05, 4.69) is 18.3 Å². The number of quaternary nitrogens is 1. The van der Waals surface area contributed by atoms with Crippen LogP contribution in [0.3, 0.4) is 0 Å². The molecule has 1 nitrogen and oxygen atoms in total. The molecule has 0 aromatic heterocycles. The first-order valence-corrected chi connectivity index (χ1v) is 5.24. The summed E-state index contributed by atoms with van der Waals surface area (Å²) < 4.78 is 0. The van der Waals surface area contributed by atoms with Gasteiger partial charge in [0.15, 0.2) is 0 Å². The summed E-state index contributed by atoms with van der Waals surface area (Å²) in [6.45, 7) is 4.32. The van der Waals surface area contributed by atoms with Gasteiger partial charge in [-0.15, -0.1) is 0 Å². The summed E-state index contributed by atoms with van der Waals surface area (Å²) in [7, 11) is 0. The van der Waals surface area contributed by atoms with Crippen LogP contribution in [0.5, 0.6) is 0 Å². The van der Waals surface area contributed by atoms with Crippen molar-refractivity contribution < 1.29 is 5.32 Å². The van der Waals surface area contributed by atoms with Crippen LogP contribution in [0, 0.1) is 0 Å². The van der Waals surface area contributed by atoms with Crippen molar-refractivity contribution in [3.63, 3.8) is 0 Å². The molecule has 0 bridgehead atoms. The minimum atomic E-state index is 0.582. The monoisotopic (exact) mass is 216 g/mol. The number of hydrogen-bond donors (Lipinski definition) is 1. The highest BCUT2D eigenvalue weighted by Crippen LogP contribution is 2.32. The standard InChI is InChI=1S/C10H11Cl2N/c1-6-4-13-5-8-7(6)2-3-9(11)10(8)12/h2-3,6,13H,4-5H2,1H3/p+1. The van der Waals surface area contributed by atoms with Crippen LogP contribution in [-0.2, 0) is 6.54 Å². The Hall–Kier alpha value is -0.240. The Morgan fingerprint density at radius 2 is 2.15 bits per heavy atom. The lowest BCUT2D eigenvalue weighted by Crippen LogP contribution is -2.85. The van der Waals surface area contributed by atoms with Crippen molar-refractivity contribution in [1.82, 2.24) is 0 Å². The minimum absolute atomic E-state index is 0.582. The third-order valence-corrected chi connectivity index (χ3v) is 3.48. The Balaban J connectivity index is 2.56. The lowest BCUT2D eigenvalue weighted by Gasteiger charge is -2.21. The molecule has 0 saturated carbocycles. The smallest absolute Gasteiger partial charge is 0.103 e. The number of rotatable bonds is 0. The molecule has 0 saturated heterocycles. The molecule has 0 spiro atoms. The molecule has 0 fully saturated rings. The topological polar surface area (TPSA) is 16.6 Å². The molecule has 1 aliphatic heterocycles. The average Bonchev–Trinajstić information content (AvgIpc) is 2.12. The van der Waals surface area contributed by atoms with Crippen molar-refractivity contribution in [1.29, 1.82) is 0 Å². The lowest BCUT2D eigenvalue weighted by atomic mass is 9.92. The highest BCUT2D eigenvalue weighted by molar-refractivity contribution is 6.42. The van der Waals surface area contributed by atoms with Gasteiger partial charge in [0.1, 0.15) is 6.54 Å². The van der Waals surface area contributed by atoms with Gasteiger partial charge in [-0.05, 0) is 11.6 Å².